The molecule has 0 aromatic carbocycles. The minimum absolute atomic E-state index is 1.08. The minimum Gasteiger partial charge on any atom is -0.426 e. The normalized spacial score (nSPS) is 20.8. The second kappa shape index (κ2) is 10.7. The summed E-state index contributed by atoms with van der Waals surface area (Å²) in [6, 6.07) is 0. The van der Waals surface area contributed by atoms with Crippen LogP contribution in [0.25, 0.3) is 0 Å². The highest BCUT2D eigenvalue weighted by molar-refractivity contribution is 7.31. The smallest absolute Gasteiger partial charge is 0.347 e. The maximum Gasteiger partial charge on any atom is 0.347 e. The largest absolute Gasteiger partial charge is 0.426 e. The maximum atomic E-state index is 11.5. The Balaban J connectivity index is 4.91. The van der Waals surface area contributed by atoms with Crippen molar-refractivity contribution in [3.63, 3.8) is 0 Å². The van der Waals surface area contributed by atoms with Gasteiger partial charge < -0.3 is 50.7 Å². The zero-order chi connectivity index (χ0) is 20.8. The van der Waals surface area contributed by atoms with Crippen LogP contribution in [0.3, 0.4) is 0 Å². The molecule has 9 N–H and O–H groups in total. The van der Waals surface area contributed by atoms with Crippen LogP contribution in [0.15, 0.2) is 0 Å². The van der Waals surface area contributed by atoms with E-state index in [1.54, 1.807) is 0 Å². The molecule has 0 aliphatic heterocycles. The average molecular weight is 406 g/mol. The van der Waals surface area contributed by atoms with Gasteiger partial charge in [0.15, 0.2) is 11.9 Å². The fourth-order valence-corrected chi connectivity index (χ4v) is 1.93. The molecule has 6 unspecified atom stereocenters. The molecule has 152 valence electrons. The molecule has 26 heavy (non-hydrogen) atoms. The number of ketones is 1. The van der Waals surface area contributed by atoms with Gasteiger partial charge in [-0.25, -0.2) is 13.9 Å². The maximum absolute atomic E-state index is 11.5. The standard InChI is InChI=1S/C11H19O14P/c12-1-2(13)3(14)6(17)9(20)25-10(21)7(18)4(15)5(16)8(19)11(22)26(23)24/h2-5,7-9,11-16,18-20,22H,1H2/t2-,3+,4?,5?,7?,8?,9?,11?/m1/s1. The van der Waals surface area contributed by atoms with Gasteiger partial charge in [0.2, 0.25) is 5.78 Å². The summed E-state index contributed by atoms with van der Waals surface area (Å²) in [5, 5.41) is 82.7. The topological polar surface area (TPSA) is 260 Å². The molecule has 0 amide bonds. The first-order valence-electron chi connectivity index (χ1n) is 6.79. The number of hydrogen-bond donors (Lipinski definition) is 9. The summed E-state index contributed by atoms with van der Waals surface area (Å²) in [6.45, 7) is -1.08. The van der Waals surface area contributed by atoms with Gasteiger partial charge in [-0.2, -0.15) is 0 Å². The van der Waals surface area contributed by atoms with E-state index in [9.17, 15) is 49.4 Å². The number of hydrogen-bond acceptors (Lipinski definition) is 14. The number of aliphatic hydroxyl groups is 9. The van der Waals surface area contributed by atoms with Gasteiger partial charge in [-0.3, -0.25) is 4.79 Å². The number of aliphatic hydroxyl groups excluding tert-OH is 9. The van der Waals surface area contributed by atoms with Crippen molar-refractivity contribution < 1.29 is 69.4 Å². The molecule has 15 heteroatoms. The molecule has 8 atom stereocenters. The molecule has 14 nitrogen and oxygen atoms in total. The molecule has 0 aromatic rings. The van der Waals surface area contributed by atoms with Crippen LogP contribution in [0.5, 0.6) is 0 Å². The van der Waals surface area contributed by atoms with Gasteiger partial charge in [0, 0.05) is 0 Å². The van der Waals surface area contributed by atoms with Crippen molar-refractivity contribution in [2.75, 3.05) is 6.61 Å². The van der Waals surface area contributed by atoms with E-state index in [1.165, 1.54) is 0 Å². The van der Waals surface area contributed by atoms with Gasteiger partial charge in [-0.1, -0.05) is 0 Å². The highest BCUT2D eigenvalue weighted by atomic mass is 31.1. The van der Waals surface area contributed by atoms with Crippen LogP contribution in [0.4, 0.5) is 0 Å². The van der Waals surface area contributed by atoms with Crippen LogP contribution in [-0.4, -0.2) is 113 Å². The van der Waals surface area contributed by atoms with E-state index in [0.717, 1.165) is 0 Å². The van der Waals surface area contributed by atoms with Crippen LogP contribution >= 0.6 is 7.68 Å². The van der Waals surface area contributed by atoms with Crippen molar-refractivity contribution in [1.29, 1.82) is 0 Å². The first kappa shape index (κ1) is 24.7. The van der Waals surface area contributed by atoms with E-state index in [2.05, 4.69) is 4.74 Å². The zero-order valence-corrected chi connectivity index (χ0v) is 13.7. The number of carbonyl (C=O) groups is 2. The van der Waals surface area contributed by atoms with Gasteiger partial charge in [-0.05, 0) is 0 Å². The van der Waals surface area contributed by atoms with Gasteiger partial charge in [0.05, 0.1) is 6.61 Å². The van der Waals surface area contributed by atoms with Gasteiger partial charge in [0.25, 0.3) is 6.29 Å². The fraction of sp³-hybridized carbons (Fsp3) is 0.818. The van der Waals surface area contributed by atoms with Crippen LogP contribution in [0.1, 0.15) is 0 Å². The predicted octanol–water partition coefficient (Wildman–Crippen LogP) is -5.93. The Kier molecular flexibility index (Phi) is 10.2. The minimum atomic E-state index is -3.65. The highest BCUT2D eigenvalue weighted by Crippen LogP contribution is 2.20. The van der Waals surface area contributed by atoms with Crippen LogP contribution in [0, 0.1) is 0 Å². The second-order valence-corrected chi connectivity index (χ2v) is 6.10. The van der Waals surface area contributed by atoms with Crippen molar-refractivity contribution >= 4 is 19.4 Å². The summed E-state index contributed by atoms with van der Waals surface area (Å²) in [6.07, 6.45) is -17.5. The highest BCUT2D eigenvalue weighted by Gasteiger charge is 2.41. The van der Waals surface area contributed by atoms with E-state index < -0.39 is 74.8 Å². The van der Waals surface area contributed by atoms with Gasteiger partial charge >= 0.3 is 13.6 Å². The molecule has 0 radical (unpaired) electrons. The van der Waals surface area contributed by atoms with E-state index in [-0.39, 0.29) is 0 Å². The molecule has 0 aromatic heterocycles. The summed E-state index contributed by atoms with van der Waals surface area (Å²) < 4.78 is 24.9. The number of Topliss-reactive ketones (excluding diaryl/α,β-unsaturated/α-hetero) is 1. The fourth-order valence-electron chi connectivity index (χ4n) is 1.50. The van der Waals surface area contributed by atoms with E-state index in [0.29, 0.717) is 0 Å². The summed E-state index contributed by atoms with van der Waals surface area (Å²) >= 11 is 0. The third-order valence-corrected chi connectivity index (χ3v) is 3.84. The van der Waals surface area contributed by atoms with Crippen molar-refractivity contribution in [2.45, 2.75) is 48.8 Å². The van der Waals surface area contributed by atoms with Crippen molar-refractivity contribution in [3.8, 4) is 0 Å². The number of carbonyl (C=O) groups excluding carboxylic acids is 2. The summed E-state index contributed by atoms with van der Waals surface area (Å²) in [7, 11) is -3.65. The lowest BCUT2D eigenvalue weighted by Crippen LogP contribution is -2.52. The Bertz CT molecular complexity index is 541. The SMILES string of the molecule is O=C(OC(O)C(=O)[C@@H](O)[C@H](O)CO)C(O)C(O)C(O)C(O)C(O)P(=O)=O. The number of esters is 1. The lowest BCUT2D eigenvalue weighted by Gasteiger charge is -2.26. The average Bonchev–Trinajstić information content (AvgIpc) is 2.62. The molecule has 0 aliphatic carbocycles. The molecule has 0 fully saturated rings. The van der Waals surface area contributed by atoms with Crippen molar-refractivity contribution in [1.82, 2.24) is 0 Å². The van der Waals surface area contributed by atoms with E-state index >= 15 is 0 Å². The number of rotatable bonds is 11. The van der Waals surface area contributed by atoms with Crippen LogP contribution < -0.4 is 0 Å². The lowest BCUT2D eigenvalue weighted by atomic mass is 10.0. The quantitative estimate of drug-likeness (QED) is 0.0879. The third kappa shape index (κ3) is 6.44. The first-order chi connectivity index (χ1) is 11.9. The summed E-state index contributed by atoms with van der Waals surface area (Å²) in [5.41, 5.74) is 0. The molecule has 0 saturated heterocycles. The van der Waals surface area contributed by atoms with Crippen LogP contribution in [0.2, 0.25) is 0 Å². The third-order valence-electron chi connectivity index (χ3n) is 3.10. The zero-order valence-electron chi connectivity index (χ0n) is 12.8. The molecule has 0 saturated carbocycles. The molecule has 0 heterocycles. The number of ether oxygens (including phenoxy) is 1. The van der Waals surface area contributed by atoms with Gasteiger partial charge in [-0.15, -0.1) is 0 Å². The lowest BCUT2D eigenvalue weighted by molar-refractivity contribution is -0.197. The van der Waals surface area contributed by atoms with Crippen LogP contribution in [-0.2, 0) is 23.5 Å². The predicted molar refractivity (Wildman–Crippen MR) is 74.5 cm³/mol. The Hall–Kier alpha value is -1.32. The second-order valence-electron chi connectivity index (χ2n) is 5.00. The monoisotopic (exact) mass is 406 g/mol. The Morgan fingerprint density at radius 3 is 1.73 bits per heavy atom. The molecular weight excluding hydrogens is 387 g/mol. The Labute approximate surface area is 145 Å². The summed E-state index contributed by atoms with van der Waals surface area (Å²) in [5.74, 6) is -6.18. The molecule has 0 aliphatic rings. The summed E-state index contributed by atoms with van der Waals surface area (Å²) in [4.78, 5) is 22.9. The Morgan fingerprint density at radius 2 is 1.31 bits per heavy atom. The first-order valence-corrected chi connectivity index (χ1v) is 8.04. The van der Waals surface area contributed by atoms with Crippen molar-refractivity contribution in [2.24, 2.45) is 0 Å². The Morgan fingerprint density at radius 1 is 0.808 bits per heavy atom. The van der Waals surface area contributed by atoms with Gasteiger partial charge in [0.1, 0.15) is 30.5 Å². The van der Waals surface area contributed by atoms with E-state index in [1.807, 2.05) is 0 Å². The molecule has 0 spiro atoms. The van der Waals surface area contributed by atoms with Crippen molar-refractivity contribution in [3.05, 3.63) is 0 Å². The molecular formula is C11H19O14P. The van der Waals surface area contributed by atoms with E-state index in [4.69, 9.17) is 15.3 Å². The molecule has 0 rings (SSSR count). The molecule has 0 bridgehead atoms.